The van der Waals surface area contributed by atoms with Crippen molar-refractivity contribution in [3.8, 4) is 0 Å². The van der Waals surface area contributed by atoms with Crippen molar-refractivity contribution < 1.29 is 4.79 Å². The van der Waals surface area contributed by atoms with Gasteiger partial charge in [0.25, 0.3) is 5.91 Å². The molecule has 1 atom stereocenters. The molecule has 92 valence electrons. The third-order valence-corrected chi connectivity index (χ3v) is 3.83. The van der Waals surface area contributed by atoms with E-state index in [4.69, 9.17) is 0 Å². The van der Waals surface area contributed by atoms with Gasteiger partial charge in [0.1, 0.15) is 0 Å². The van der Waals surface area contributed by atoms with E-state index in [1.165, 1.54) is 19.4 Å². The molecule has 1 amide bonds. The fraction of sp³-hybridized carbons (Fsp3) is 0.667. The highest BCUT2D eigenvalue weighted by atomic mass is 16.2. The highest BCUT2D eigenvalue weighted by Gasteiger charge is 2.32. The summed E-state index contributed by atoms with van der Waals surface area (Å²) in [7, 11) is 1.84. The summed E-state index contributed by atoms with van der Waals surface area (Å²) >= 11 is 0. The summed E-state index contributed by atoms with van der Waals surface area (Å²) in [4.78, 5) is 16.7. The van der Waals surface area contributed by atoms with Gasteiger partial charge in [-0.05, 0) is 19.4 Å². The topological polar surface area (TPSA) is 41.4 Å². The van der Waals surface area contributed by atoms with E-state index in [1.807, 2.05) is 11.9 Å². The van der Waals surface area contributed by atoms with Gasteiger partial charge in [-0.3, -0.25) is 14.4 Å². The molecule has 2 fully saturated rings. The Kier molecular flexibility index (Phi) is 2.63. The number of hydrogen-bond donors (Lipinski definition) is 0. The maximum atomic E-state index is 12.3. The molecule has 0 radical (unpaired) electrons. The van der Waals surface area contributed by atoms with E-state index in [9.17, 15) is 4.79 Å². The lowest BCUT2D eigenvalue weighted by atomic mass is 10.1. The van der Waals surface area contributed by atoms with E-state index < -0.39 is 0 Å². The number of carbonyl (C=O) groups excluding carboxylic acids is 1. The molecule has 5 nitrogen and oxygen atoms in total. The molecule has 3 heterocycles. The van der Waals surface area contributed by atoms with Gasteiger partial charge >= 0.3 is 0 Å². The van der Waals surface area contributed by atoms with Gasteiger partial charge in [0.05, 0.1) is 11.8 Å². The van der Waals surface area contributed by atoms with Gasteiger partial charge in [-0.15, -0.1) is 0 Å². The van der Waals surface area contributed by atoms with Crippen LogP contribution in [0.2, 0.25) is 0 Å². The monoisotopic (exact) mass is 234 g/mol. The number of hydrogen-bond acceptors (Lipinski definition) is 3. The highest BCUT2D eigenvalue weighted by Crippen LogP contribution is 2.22. The Morgan fingerprint density at radius 3 is 3.06 bits per heavy atom. The van der Waals surface area contributed by atoms with Gasteiger partial charge in [-0.2, -0.15) is 5.10 Å². The van der Waals surface area contributed by atoms with Gasteiger partial charge in [-0.1, -0.05) is 0 Å². The summed E-state index contributed by atoms with van der Waals surface area (Å²) in [5.74, 6) is 0.129. The van der Waals surface area contributed by atoms with Crippen molar-refractivity contribution in [1.82, 2.24) is 19.6 Å². The number of amides is 1. The van der Waals surface area contributed by atoms with Gasteiger partial charge in [0.2, 0.25) is 0 Å². The predicted octanol–water partition coefficient (Wildman–Crippen LogP) is 0.340. The van der Waals surface area contributed by atoms with Crippen molar-refractivity contribution >= 4 is 5.91 Å². The fourth-order valence-corrected chi connectivity index (χ4v) is 2.89. The third kappa shape index (κ3) is 1.95. The minimum atomic E-state index is 0.129. The molecular weight excluding hydrogens is 216 g/mol. The van der Waals surface area contributed by atoms with Crippen LogP contribution in [0.3, 0.4) is 0 Å². The lowest BCUT2D eigenvalue weighted by Gasteiger charge is -2.37. The molecule has 0 N–H and O–H groups in total. The first-order chi connectivity index (χ1) is 8.24. The number of aromatic nitrogens is 2. The normalized spacial score (nSPS) is 25.0. The van der Waals surface area contributed by atoms with Crippen LogP contribution in [0.4, 0.5) is 0 Å². The maximum absolute atomic E-state index is 12.3. The molecule has 2 aliphatic rings. The SMILES string of the molecule is Cn1cc(C(=O)N2CCN3CCCC3C2)cn1. The lowest BCUT2D eigenvalue weighted by molar-refractivity contribution is 0.0571. The van der Waals surface area contributed by atoms with Crippen molar-refractivity contribution in [1.29, 1.82) is 0 Å². The highest BCUT2D eigenvalue weighted by molar-refractivity contribution is 5.93. The lowest BCUT2D eigenvalue weighted by Crippen LogP contribution is -2.52. The quantitative estimate of drug-likeness (QED) is 0.703. The largest absolute Gasteiger partial charge is 0.336 e. The van der Waals surface area contributed by atoms with Crippen LogP contribution >= 0.6 is 0 Å². The molecule has 0 spiro atoms. The average Bonchev–Trinajstić information content (AvgIpc) is 2.95. The van der Waals surface area contributed by atoms with Crippen molar-refractivity contribution in [2.24, 2.45) is 7.05 Å². The number of piperazine rings is 1. The zero-order valence-corrected chi connectivity index (χ0v) is 10.2. The van der Waals surface area contributed by atoms with Crippen molar-refractivity contribution in [3.05, 3.63) is 18.0 Å². The number of fused-ring (bicyclic) bond motifs is 1. The van der Waals surface area contributed by atoms with Crippen molar-refractivity contribution in [2.45, 2.75) is 18.9 Å². The molecule has 0 bridgehead atoms. The first kappa shape index (κ1) is 10.8. The summed E-state index contributed by atoms with van der Waals surface area (Å²) in [5.41, 5.74) is 0.707. The summed E-state index contributed by atoms with van der Waals surface area (Å²) < 4.78 is 1.68. The average molecular weight is 234 g/mol. The molecule has 2 saturated heterocycles. The molecule has 0 aliphatic carbocycles. The third-order valence-electron chi connectivity index (χ3n) is 3.83. The van der Waals surface area contributed by atoms with Crippen LogP contribution in [-0.4, -0.2) is 57.7 Å². The smallest absolute Gasteiger partial charge is 0.257 e. The molecular formula is C12H18N4O. The Morgan fingerprint density at radius 2 is 2.29 bits per heavy atom. The molecule has 2 aliphatic heterocycles. The maximum Gasteiger partial charge on any atom is 0.257 e. The number of rotatable bonds is 1. The summed E-state index contributed by atoms with van der Waals surface area (Å²) in [5, 5.41) is 4.06. The first-order valence-electron chi connectivity index (χ1n) is 6.26. The van der Waals surface area contributed by atoms with Crippen LogP contribution in [0, 0.1) is 0 Å². The number of nitrogens with zero attached hydrogens (tertiary/aromatic N) is 4. The molecule has 3 rings (SSSR count). The molecule has 1 aromatic rings. The summed E-state index contributed by atoms with van der Waals surface area (Å²) in [6.07, 6.45) is 5.96. The van der Waals surface area contributed by atoms with E-state index >= 15 is 0 Å². The van der Waals surface area contributed by atoms with Gasteiger partial charge in [-0.25, -0.2) is 0 Å². The molecule has 5 heteroatoms. The van der Waals surface area contributed by atoms with Gasteiger partial charge < -0.3 is 4.90 Å². The second-order valence-corrected chi connectivity index (χ2v) is 4.99. The molecule has 1 unspecified atom stereocenters. The zero-order valence-electron chi connectivity index (χ0n) is 10.2. The number of aryl methyl sites for hydroxylation is 1. The van der Waals surface area contributed by atoms with E-state index in [0.29, 0.717) is 11.6 Å². The first-order valence-corrected chi connectivity index (χ1v) is 6.26. The Morgan fingerprint density at radius 1 is 1.41 bits per heavy atom. The van der Waals surface area contributed by atoms with Crippen LogP contribution < -0.4 is 0 Å². The van der Waals surface area contributed by atoms with Crippen molar-refractivity contribution in [3.63, 3.8) is 0 Å². The molecule has 0 aromatic carbocycles. The van der Waals surface area contributed by atoms with Crippen LogP contribution in [0.15, 0.2) is 12.4 Å². The zero-order chi connectivity index (χ0) is 11.8. The second kappa shape index (κ2) is 4.14. The minimum Gasteiger partial charge on any atom is -0.336 e. The summed E-state index contributed by atoms with van der Waals surface area (Å²) in [6.45, 7) is 3.97. The predicted molar refractivity (Wildman–Crippen MR) is 63.7 cm³/mol. The van der Waals surface area contributed by atoms with Crippen LogP contribution in [0.1, 0.15) is 23.2 Å². The molecule has 0 saturated carbocycles. The van der Waals surface area contributed by atoms with Gasteiger partial charge in [0, 0.05) is 38.9 Å². The standard InChI is InChI=1S/C12H18N4O/c1-14-8-10(7-13-14)12(17)16-6-5-15-4-2-3-11(15)9-16/h7-8,11H,2-6,9H2,1H3. The van der Waals surface area contributed by atoms with E-state index in [1.54, 1.807) is 17.1 Å². The Bertz CT molecular complexity index is 428. The molecule has 1 aromatic heterocycles. The molecule has 17 heavy (non-hydrogen) atoms. The van der Waals surface area contributed by atoms with Crippen LogP contribution in [-0.2, 0) is 7.05 Å². The van der Waals surface area contributed by atoms with E-state index in [-0.39, 0.29) is 5.91 Å². The Labute approximate surface area is 101 Å². The Hall–Kier alpha value is -1.36. The fourth-order valence-electron chi connectivity index (χ4n) is 2.89. The Balaban J connectivity index is 1.70. The summed E-state index contributed by atoms with van der Waals surface area (Å²) in [6, 6.07) is 0.587. The van der Waals surface area contributed by atoms with E-state index in [2.05, 4.69) is 10.00 Å². The second-order valence-electron chi connectivity index (χ2n) is 4.99. The van der Waals surface area contributed by atoms with E-state index in [0.717, 1.165) is 19.6 Å². The number of carbonyl (C=O) groups is 1. The van der Waals surface area contributed by atoms with Crippen LogP contribution in [0.5, 0.6) is 0 Å². The van der Waals surface area contributed by atoms with Crippen LogP contribution in [0.25, 0.3) is 0 Å². The minimum absolute atomic E-state index is 0.129. The van der Waals surface area contributed by atoms with Gasteiger partial charge in [0.15, 0.2) is 0 Å². The van der Waals surface area contributed by atoms with Crippen molar-refractivity contribution in [2.75, 3.05) is 26.2 Å².